The lowest BCUT2D eigenvalue weighted by Gasteiger charge is -2.23. The van der Waals surface area contributed by atoms with Crippen molar-refractivity contribution in [3.63, 3.8) is 0 Å². The predicted octanol–water partition coefficient (Wildman–Crippen LogP) is 4.74. The molecule has 0 saturated carbocycles. The maximum atomic E-state index is 12.8. The number of nitrogens with zero attached hydrogens (tertiary/aromatic N) is 1. The molecule has 3 aromatic carbocycles. The maximum absolute atomic E-state index is 12.8. The minimum atomic E-state index is -0.401. The summed E-state index contributed by atoms with van der Waals surface area (Å²) >= 11 is 0. The Hall–Kier alpha value is -3.11. The minimum Gasteiger partial charge on any atom is -0.448 e. The Balaban J connectivity index is 1.49. The molecule has 0 aliphatic heterocycles. The highest BCUT2D eigenvalue weighted by molar-refractivity contribution is 5.79. The second-order valence-corrected chi connectivity index (χ2v) is 7.44. The zero-order chi connectivity index (χ0) is 20.2. The van der Waals surface area contributed by atoms with E-state index in [1.165, 1.54) is 22.3 Å². The standard InChI is InChI=1S/C25H25NO3/c1-18-7-6-8-19(15-18)16-26(13-14-27)25(28)29-17-24-22-11-4-2-9-20(22)21-10-3-5-12-23(21)24/h2-12,15,24,27H,13-14,16-17H2,1H3. The number of fused-ring (bicyclic) bond motifs is 3. The molecule has 3 aromatic rings. The van der Waals surface area contributed by atoms with Gasteiger partial charge in [0, 0.05) is 19.0 Å². The van der Waals surface area contributed by atoms with Gasteiger partial charge in [-0.25, -0.2) is 4.79 Å². The van der Waals surface area contributed by atoms with Crippen molar-refractivity contribution >= 4 is 6.09 Å². The summed E-state index contributed by atoms with van der Waals surface area (Å²) in [5, 5.41) is 9.41. The molecule has 29 heavy (non-hydrogen) atoms. The number of amides is 1. The summed E-state index contributed by atoms with van der Waals surface area (Å²) in [6.45, 7) is 2.86. The van der Waals surface area contributed by atoms with Crippen molar-refractivity contribution in [2.45, 2.75) is 19.4 Å². The van der Waals surface area contributed by atoms with Gasteiger partial charge in [0.15, 0.2) is 0 Å². The van der Waals surface area contributed by atoms with Gasteiger partial charge in [0.1, 0.15) is 6.61 Å². The highest BCUT2D eigenvalue weighted by Gasteiger charge is 2.29. The molecule has 0 spiro atoms. The smallest absolute Gasteiger partial charge is 0.410 e. The molecule has 0 aromatic heterocycles. The van der Waals surface area contributed by atoms with Crippen molar-refractivity contribution in [1.29, 1.82) is 0 Å². The van der Waals surface area contributed by atoms with E-state index in [-0.39, 0.29) is 25.7 Å². The van der Waals surface area contributed by atoms with Crippen LogP contribution in [0.4, 0.5) is 4.79 Å². The molecule has 1 amide bonds. The summed E-state index contributed by atoms with van der Waals surface area (Å²) in [6.07, 6.45) is -0.401. The third-order valence-electron chi connectivity index (χ3n) is 5.42. The Bertz CT molecular complexity index is 969. The first-order valence-electron chi connectivity index (χ1n) is 9.93. The number of carbonyl (C=O) groups excluding carboxylic acids is 1. The third-order valence-corrected chi connectivity index (χ3v) is 5.42. The van der Waals surface area contributed by atoms with E-state index < -0.39 is 6.09 Å². The molecule has 4 heteroatoms. The highest BCUT2D eigenvalue weighted by Crippen LogP contribution is 2.44. The zero-order valence-corrected chi connectivity index (χ0v) is 16.5. The average Bonchev–Trinajstić information content (AvgIpc) is 3.06. The molecule has 0 unspecified atom stereocenters. The Morgan fingerprint density at radius 3 is 2.24 bits per heavy atom. The molecule has 0 fully saturated rings. The molecule has 1 aliphatic carbocycles. The number of hydrogen-bond donors (Lipinski definition) is 1. The number of carbonyl (C=O) groups is 1. The van der Waals surface area contributed by atoms with Gasteiger partial charge in [0.25, 0.3) is 0 Å². The molecule has 1 N–H and O–H groups in total. The second-order valence-electron chi connectivity index (χ2n) is 7.44. The Morgan fingerprint density at radius 1 is 0.966 bits per heavy atom. The van der Waals surface area contributed by atoms with E-state index in [0.29, 0.717) is 6.54 Å². The fourth-order valence-corrected chi connectivity index (χ4v) is 4.07. The lowest BCUT2D eigenvalue weighted by atomic mass is 9.98. The van der Waals surface area contributed by atoms with Crippen molar-refractivity contribution in [2.75, 3.05) is 19.8 Å². The Labute approximate surface area is 171 Å². The number of rotatable bonds is 6. The summed E-state index contributed by atoms with van der Waals surface area (Å²) in [5.41, 5.74) is 6.95. The first-order chi connectivity index (χ1) is 14.2. The molecular formula is C25H25NO3. The minimum absolute atomic E-state index is 0.0290. The van der Waals surface area contributed by atoms with Crippen LogP contribution in [0, 0.1) is 6.92 Å². The fourth-order valence-electron chi connectivity index (χ4n) is 4.07. The van der Waals surface area contributed by atoms with Gasteiger partial charge in [-0.3, -0.25) is 0 Å². The van der Waals surface area contributed by atoms with Crippen molar-refractivity contribution < 1.29 is 14.6 Å². The fraction of sp³-hybridized carbons (Fsp3) is 0.240. The average molecular weight is 387 g/mol. The number of ether oxygens (including phenoxy) is 1. The SMILES string of the molecule is Cc1cccc(CN(CCO)C(=O)OCC2c3ccccc3-c3ccccc32)c1. The van der Waals surface area contributed by atoms with Gasteiger partial charge < -0.3 is 14.7 Å². The summed E-state index contributed by atoms with van der Waals surface area (Å²) in [6, 6.07) is 24.6. The van der Waals surface area contributed by atoms with Crippen molar-refractivity contribution in [1.82, 2.24) is 4.90 Å². The van der Waals surface area contributed by atoms with Crippen LogP contribution in [-0.2, 0) is 11.3 Å². The molecule has 148 valence electrons. The Morgan fingerprint density at radius 2 is 1.62 bits per heavy atom. The summed E-state index contributed by atoms with van der Waals surface area (Å²) in [4.78, 5) is 14.4. The lowest BCUT2D eigenvalue weighted by molar-refractivity contribution is 0.0891. The third kappa shape index (κ3) is 4.03. The lowest BCUT2D eigenvalue weighted by Crippen LogP contribution is -2.34. The summed E-state index contributed by atoms with van der Waals surface area (Å²) in [5.74, 6) is 0.0290. The number of hydrogen-bond acceptors (Lipinski definition) is 3. The second kappa shape index (κ2) is 8.50. The molecule has 0 bridgehead atoms. The number of aliphatic hydroxyl groups excluding tert-OH is 1. The van der Waals surface area contributed by atoms with E-state index >= 15 is 0 Å². The van der Waals surface area contributed by atoms with E-state index in [4.69, 9.17) is 4.74 Å². The summed E-state index contributed by atoms with van der Waals surface area (Å²) in [7, 11) is 0. The van der Waals surface area contributed by atoms with Crippen LogP contribution in [0.3, 0.4) is 0 Å². The van der Waals surface area contributed by atoms with Crippen LogP contribution < -0.4 is 0 Å². The first-order valence-corrected chi connectivity index (χ1v) is 9.93. The van der Waals surface area contributed by atoms with Gasteiger partial charge in [-0.1, -0.05) is 78.4 Å². The van der Waals surface area contributed by atoms with Gasteiger partial charge in [0.05, 0.1) is 6.61 Å². The molecular weight excluding hydrogens is 362 g/mol. The van der Waals surface area contributed by atoms with Gasteiger partial charge in [-0.15, -0.1) is 0 Å². The number of benzene rings is 3. The largest absolute Gasteiger partial charge is 0.448 e. The van der Waals surface area contributed by atoms with Crippen LogP contribution in [0.15, 0.2) is 72.8 Å². The van der Waals surface area contributed by atoms with Crippen molar-refractivity contribution in [2.24, 2.45) is 0 Å². The topological polar surface area (TPSA) is 49.8 Å². The molecule has 0 atom stereocenters. The molecule has 0 saturated heterocycles. The van der Waals surface area contributed by atoms with Crippen molar-refractivity contribution in [3.8, 4) is 11.1 Å². The molecule has 0 radical (unpaired) electrons. The van der Waals surface area contributed by atoms with Crippen LogP contribution in [0.25, 0.3) is 11.1 Å². The molecule has 1 aliphatic rings. The Kier molecular flexibility index (Phi) is 5.63. The normalized spacial score (nSPS) is 12.3. The van der Waals surface area contributed by atoms with Crippen LogP contribution in [-0.4, -0.2) is 35.9 Å². The van der Waals surface area contributed by atoms with E-state index in [1.807, 2.05) is 55.5 Å². The number of aliphatic hydroxyl groups is 1. The van der Waals surface area contributed by atoms with E-state index in [0.717, 1.165) is 11.1 Å². The predicted molar refractivity (Wildman–Crippen MR) is 114 cm³/mol. The van der Waals surface area contributed by atoms with Crippen LogP contribution in [0.1, 0.15) is 28.2 Å². The molecule has 4 rings (SSSR count). The maximum Gasteiger partial charge on any atom is 0.410 e. The van der Waals surface area contributed by atoms with Gasteiger partial charge >= 0.3 is 6.09 Å². The molecule has 4 nitrogen and oxygen atoms in total. The first kappa shape index (κ1) is 19.2. The van der Waals surface area contributed by atoms with Gasteiger partial charge in [-0.05, 0) is 34.7 Å². The highest BCUT2D eigenvalue weighted by atomic mass is 16.6. The summed E-state index contributed by atoms with van der Waals surface area (Å²) < 4.78 is 5.73. The van der Waals surface area contributed by atoms with E-state index in [2.05, 4.69) is 24.3 Å². The van der Waals surface area contributed by atoms with Crippen LogP contribution in [0.2, 0.25) is 0 Å². The zero-order valence-electron chi connectivity index (χ0n) is 16.5. The van der Waals surface area contributed by atoms with Gasteiger partial charge in [-0.2, -0.15) is 0 Å². The number of aryl methyl sites for hydroxylation is 1. The van der Waals surface area contributed by atoms with Crippen LogP contribution in [0.5, 0.6) is 0 Å². The van der Waals surface area contributed by atoms with E-state index in [9.17, 15) is 9.90 Å². The quantitative estimate of drug-likeness (QED) is 0.665. The van der Waals surface area contributed by atoms with Crippen molar-refractivity contribution in [3.05, 3.63) is 95.1 Å². The van der Waals surface area contributed by atoms with Crippen LogP contribution >= 0.6 is 0 Å². The molecule has 0 heterocycles. The van der Waals surface area contributed by atoms with Gasteiger partial charge in [0.2, 0.25) is 0 Å². The monoisotopic (exact) mass is 387 g/mol. The van der Waals surface area contributed by atoms with E-state index in [1.54, 1.807) is 4.90 Å².